The van der Waals surface area contributed by atoms with Crippen molar-refractivity contribution in [2.75, 3.05) is 6.61 Å². The van der Waals surface area contributed by atoms with Crippen LogP contribution in [-0.2, 0) is 16.1 Å². The summed E-state index contributed by atoms with van der Waals surface area (Å²) in [5.41, 5.74) is 1.90. The zero-order valence-corrected chi connectivity index (χ0v) is 13.7. The second-order valence-corrected chi connectivity index (χ2v) is 5.52. The van der Waals surface area contributed by atoms with Crippen LogP contribution in [0.5, 0.6) is 5.75 Å². The topological polar surface area (TPSA) is 72.8 Å². The van der Waals surface area contributed by atoms with E-state index in [-0.39, 0.29) is 24.1 Å². The lowest BCUT2D eigenvalue weighted by Gasteiger charge is -2.13. The first-order chi connectivity index (χ1) is 11.5. The number of ether oxygens (including phenoxy) is 2. The first-order valence-corrected chi connectivity index (χ1v) is 7.64. The minimum atomic E-state index is -0.969. The average molecular weight is 328 g/mol. The van der Waals surface area contributed by atoms with Crippen LogP contribution in [0.15, 0.2) is 48.5 Å². The summed E-state index contributed by atoms with van der Waals surface area (Å²) in [7, 11) is 0. The monoisotopic (exact) mass is 328 g/mol. The lowest BCUT2D eigenvalue weighted by atomic mass is 10.0. The number of carboxylic acids is 1. The molecular formula is C19H20O5. The van der Waals surface area contributed by atoms with Crippen LogP contribution in [-0.4, -0.2) is 23.7 Å². The molecular weight excluding hydrogens is 308 g/mol. The number of aromatic carboxylic acids is 1. The van der Waals surface area contributed by atoms with Gasteiger partial charge < -0.3 is 14.6 Å². The Kier molecular flexibility index (Phi) is 5.95. The molecule has 24 heavy (non-hydrogen) atoms. The minimum absolute atomic E-state index is 0.0932. The molecule has 1 atom stereocenters. The molecule has 2 aromatic carbocycles. The summed E-state index contributed by atoms with van der Waals surface area (Å²) < 4.78 is 10.7. The van der Waals surface area contributed by atoms with Crippen molar-refractivity contribution in [2.24, 2.45) is 0 Å². The molecule has 0 bridgehead atoms. The van der Waals surface area contributed by atoms with Crippen molar-refractivity contribution < 1.29 is 24.2 Å². The Labute approximate surface area is 140 Å². The first-order valence-electron chi connectivity index (χ1n) is 7.64. The third-order valence-electron chi connectivity index (χ3n) is 3.63. The van der Waals surface area contributed by atoms with E-state index in [0.717, 1.165) is 5.56 Å². The van der Waals surface area contributed by atoms with Gasteiger partial charge in [-0.3, -0.25) is 4.79 Å². The fourth-order valence-corrected chi connectivity index (χ4v) is 2.25. The molecule has 126 valence electrons. The van der Waals surface area contributed by atoms with Crippen LogP contribution < -0.4 is 4.74 Å². The fraction of sp³-hybridized carbons (Fsp3) is 0.263. The van der Waals surface area contributed by atoms with Crippen molar-refractivity contribution in [1.82, 2.24) is 0 Å². The molecule has 0 saturated carbocycles. The van der Waals surface area contributed by atoms with Gasteiger partial charge in [0.05, 0.1) is 12.2 Å². The highest BCUT2D eigenvalue weighted by atomic mass is 16.5. The molecule has 0 aliphatic heterocycles. The maximum absolute atomic E-state index is 11.2. The molecule has 0 aliphatic rings. The Balaban J connectivity index is 1.97. The number of rotatable bonds is 7. The Morgan fingerprint density at radius 2 is 1.75 bits per heavy atom. The normalized spacial score (nSPS) is 11.6. The maximum Gasteiger partial charge on any atom is 0.336 e. The van der Waals surface area contributed by atoms with Crippen molar-refractivity contribution in [3.63, 3.8) is 0 Å². The molecule has 2 aromatic rings. The third-order valence-corrected chi connectivity index (χ3v) is 3.63. The van der Waals surface area contributed by atoms with E-state index in [0.29, 0.717) is 17.9 Å². The third kappa shape index (κ3) is 4.84. The molecule has 0 spiro atoms. The van der Waals surface area contributed by atoms with Crippen molar-refractivity contribution in [3.8, 4) is 5.75 Å². The van der Waals surface area contributed by atoms with E-state index in [2.05, 4.69) is 0 Å². The van der Waals surface area contributed by atoms with E-state index in [1.807, 2.05) is 31.2 Å². The molecule has 0 saturated heterocycles. The zero-order chi connectivity index (χ0) is 17.5. The van der Waals surface area contributed by atoms with E-state index in [4.69, 9.17) is 14.6 Å². The van der Waals surface area contributed by atoms with Gasteiger partial charge in [-0.25, -0.2) is 4.79 Å². The van der Waals surface area contributed by atoms with Gasteiger partial charge in [-0.1, -0.05) is 37.3 Å². The summed E-state index contributed by atoms with van der Waals surface area (Å²) in [6.45, 7) is 3.88. The molecule has 5 heteroatoms. The van der Waals surface area contributed by atoms with Crippen LogP contribution in [0.25, 0.3) is 0 Å². The number of carboxylic acid groups (broad SMARTS) is 1. The number of carbonyl (C=O) groups is 2. The van der Waals surface area contributed by atoms with Crippen molar-refractivity contribution in [2.45, 2.75) is 26.4 Å². The van der Waals surface area contributed by atoms with Crippen molar-refractivity contribution >= 4 is 11.9 Å². The van der Waals surface area contributed by atoms with Gasteiger partial charge in [0.15, 0.2) is 0 Å². The van der Waals surface area contributed by atoms with Crippen molar-refractivity contribution in [3.05, 3.63) is 65.2 Å². The van der Waals surface area contributed by atoms with Crippen LogP contribution in [0.2, 0.25) is 0 Å². The van der Waals surface area contributed by atoms with Crippen LogP contribution in [0.3, 0.4) is 0 Å². The van der Waals surface area contributed by atoms with Gasteiger partial charge in [0.25, 0.3) is 0 Å². The second kappa shape index (κ2) is 8.15. The Morgan fingerprint density at radius 1 is 1.08 bits per heavy atom. The lowest BCUT2D eigenvalue weighted by molar-refractivity contribution is -0.141. The molecule has 0 amide bonds. The quantitative estimate of drug-likeness (QED) is 0.786. The number of hydrogen-bond acceptors (Lipinski definition) is 4. The number of benzene rings is 2. The van der Waals surface area contributed by atoms with E-state index < -0.39 is 5.97 Å². The molecule has 0 radical (unpaired) electrons. The average Bonchev–Trinajstić information content (AvgIpc) is 2.58. The van der Waals surface area contributed by atoms with Crippen LogP contribution in [0.1, 0.15) is 41.3 Å². The van der Waals surface area contributed by atoms with Crippen molar-refractivity contribution in [1.29, 1.82) is 0 Å². The van der Waals surface area contributed by atoms with Gasteiger partial charge in [0.2, 0.25) is 0 Å². The Morgan fingerprint density at radius 3 is 2.38 bits per heavy atom. The molecule has 0 heterocycles. The minimum Gasteiger partial charge on any atom is -0.489 e. The number of carbonyl (C=O) groups excluding carboxylic acids is 1. The summed E-state index contributed by atoms with van der Waals surface area (Å²) in [4.78, 5) is 22.0. The maximum atomic E-state index is 11.2. The SMILES string of the molecule is CC(=O)OC[C@H](C)c1ccc(OCc2ccccc2C(=O)O)cc1. The summed E-state index contributed by atoms with van der Waals surface area (Å²) in [5, 5.41) is 9.16. The van der Waals surface area contributed by atoms with Crippen LogP contribution in [0.4, 0.5) is 0 Å². The van der Waals surface area contributed by atoms with Crippen LogP contribution >= 0.6 is 0 Å². The molecule has 5 nitrogen and oxygen atoms in total. The smallest absolute Gasteiger partial charge is 0.336 e. The Bertz CT molecular complexity index is 706. The molecule has 0 fully saturated rings. The molecule has 0 unspecified atom stereocenters. The summed E-state index contributed by atoms with van der Waals surface area (Å²) in [6.07, 6.45) is 0. The standard InChI is InChI=1S/C19H20O5/c1-13(11-23-14(2)20)15-7-9-17(10-8-15)24-12-16-5-3-4-6-18(16)19(21)22/h3-10,13H,11-12H2,1-2H3,(H,21,22)/t13-/m0/s1. The van der Waals surface area contributed by atoms with E-state index >= 15 is 0 Å². The highest BCUT2D eigenvalue weighted by Crippen LogP contribution is 2.21. The zero-order valence-electron chi connectivity index (χ0n) is 13.7. The van der Waals surface area contributed by atoms with E-state index in [9.17, 15) is 9.59 Å². The number of hydrogen-bond donors (Lipinski definition) is 1. The molecule has 0 aliphatic carbocycles. The second-order valence-electron chi connectivity index (χ2n) is 5.52. The van der Waals surface area contributed by atoms with Gasteiger partial charge in [-0.2, -0.15) is 0 Å². The summed E-state index contributed by atoms with van der Waals surface area (Å²) in [5.74, 6) is -0.517. The predicted octanol–water partition coefficient (Wildman–Crippen LogP) is 3.63. The largest absolute Gasteiger partial charge is 0.489 e. The molecule has 1 N–H and O–H groups in total. The number of esters is 1. The summed E-state index contributed by atoms with van der Waals surface area (Å²) in [6, 6.07) is 14.2. The van der Waals surface area contributed by atoms with E-state index in [1.54, 1.807) is 24.3 Å². The van der Waals surface area contributed by atoms with Gasteiger partial charge in [-0.05, 0) is 23.8 Å². The lowest BCUT2D eigenvalue weighted by Crippen LogP contribution is -2.08. The Hall–Kier alpha value is -2.82. The first kappa shape index (κ1) is 17.5. The fourth-order valence-electron chi connectivity index (χ4n) is 2.25. The highest BCUT2D eigenvalue weighted by molar-refractivity contribution is 5.89. The van der Waals surface area contributed by atoms with E-state index in [1.165, 1.54) is 6.92 Å². The highest BCUT2D eigenvalue weighted by Gasteiger charge is 2.10. The van der Waals surface area contributed by atoms with Crippen LogP contribution in [0, 0.1) is 0 Å². The molecule has 0 aromatic heterocycles. The summed E-state index contributed by atoms with van der Waals surface area (Å²) >= 11 is 0. The van der Waals surface area contributed by atoms with Gasteiger partial charge in [0, 0.05) is 18.4 Å². The van der Waals surface area contributed by atoms with Gasteiger partial charge in [0.1, 0.15) is 12.4 Å². The van der Waals surface area contributed by atoms with Gasteiger partial charge >= 0.3 is 11.9 Å². The van der Waals surface area contributed by atoms with Gasteiger partial charge in [-0.15, -0.1) is 0 Å². The molecule has 2 rings (SSSR count). The predicted molar refractivity (Wildman–Crippen MR) is 89.2 cm³/mol.